The number of nitrogens with zero attached hydrogens (tertiary/aromatic N) is 2. The third-order valence-electron chi connectivity index (χ3n) is 6.83. The van der Waals surface area contributed by atoms with Crippen molar-refractivity contribution in [3.8, 4) is 0 Å². The molecule has 5 heteroatoms. The topological polar surface area (TPSA) is 78.9 Å². The molecule has 0 spiro atoms. The van der Waals surface area contributed by atoms with Gasteiger partial charge in [-0.15, -0.1) is 0 Å². The Morgan fingerprint density at radius 1 is 1.04 bits per heavy atom. The van der Waals surface area contributed by atoms with Gasteiger partial charge in [0.15, 0.2) is 5.96 Å². The van der Waals surface area contributed by atoms with Crippen LogP contribution in [0.15, 0.2) is 4.99 Å². The molecule has 1 aliphatic heterocycles. The largest absolute Gasteiger partial charge is 0.396 e. The van der Waals surface area contributed by atoms with Crippen molar-refractivity contribution < 1.29 is 9.90 Å². The molecule has 1 heterocycles. The standard InChI is InChI=1S/C21H37N3O2/c22-20-23-21(16-18-10-5-2-6-11-18,19(26)24(20)14-7-15-25)13-12-17-8-3-1-4-9-17/h17-18,25H,1-16H2,(H2,22,23)/t21-/m1/s1. The maximum absolute atomic E-state index is 13.3. The van der Waals surface area contributed by atoms with Crippen molar-refractivity contribution in [3.05, 3.63) is 0 Å². The van der Waals surface area contributed by atoms with Crippen molar-refractivity contribution in [3.63, 3.8) is 0 Å². The van der Waals surface area contributed by atoms with E-state index in [9.17, 15) is 4.79 Å². The molecule has 2 aliphatic carbocycles. The summed E-state index contributed by atoms with van der Waals surface area (Å²) in [5, 5.41) is 9.15. The van der Waals surface area contributed by atoms with Crippen LogP contribution in [0.1, 0.15) is 89.9 Å². The number of hydrogen-bond donors (Lipinski definition) is 2. The summed E-state index contributed by atoms with van der Waals surface area (Å²) in [6.45, 7) is 0.565. The molecular weight excluding hydrogens is 326 g/mol. The Kier molecular flexibility index (Phi) is 6.96. The molecule has 3 rings (SSSR count). The zero-order valence-electron chi connectivity index (χ0n) is 16.3. The monoisotopic (exact) mass is 363 g/mol. The normalized spacial score (nSPS) is 28.6. The van der Waals surface area contributed by atoms with Crippen molar-refractivity contribution in [2.24, 2.45) is 22.6 Å². The summed E-state index contributed by atoms with van der Waals surface area (Å²) in [4.78, 5) is 19.8. The van der Waals surface area contributed by atoms with Crippen LogP contribution in [0.4, 0.5) is 0 Å². The quantitative estimate of drug-likeness (QED) is 0.691. The van der Waals surface area contributed by atoms with Crippen molar-refractivity contribution in [1.82, 2.24) is 4.90 Å². The number of carbonyl (C=O) groups excluding carboxylic acids is 1. The summed E-state index contributed by atoms with van der Waals surface area (Å²) in [6.07, 6.45) is 16.4. The third-order valence-corrected chi connectivity index (χ3v) is 6.83. The fourth-order valence-electron chi connectivity index (χ4n) is 5.31. The van der Waals surface area contributed by atoms with Gasteiger partial charge in [0.05, 0.1) is 0 Å². The Morgan fingerprint density at radius 2 is 1.65 bits per heavy atom. The lowest BCUT2D eigenvalue weighted by atomic mass is 9.75. The summed E-state index contributed by atoms with van der Waals surface area (Å²) in [7, 11) is 0. The van der Waals surface area contributed by atoms with Crippen LogP contribution in [0.25, 0.3) is 0 Å². The van der Waals surface area contributed by atoms with E-state index in [1.54, 1.807) is 4.90 Å². The van der Waals surface area contributed by atoms with Crippen LogP contribution < -0.4 is 5.73 Å². The summed E-state index contributed by atoms with van der Waals surface area (Å²) >= 11 is 0. The fraction of sp³-hybridized carbons (Fsp3) is 0.905. The van der Waals surface area contributed by atoms with Gasteiger partial charge < -0.3 is 10.8 Å². The van der Waals surface area contributed by atoms with Gasteiger partial charge in [-0.1, -0.05) is 64.2 Å². The first-order valence-corrected chi connectivity index (χ1v) is 10.9. The van der Waals surface area contributed by atoms with Crippen LogP contribution in [0.2, 0.25) is 0 Å². The van der Waals surface area contributed by atoms with E-state index >= 15 is 0 Å². The average molecular weight is 364 g/mol. The second-order valence-corrected chi connectivity index (χ2v) is 8.79. The van der Waals surface area contributed by atoms with Gasteiger partial charge in [-0.2, -0.15) is 0 Å². The molecule has 0 aromatic carbocycles. The number of rotatable bonds is 8. The molecule has 0 bridgehead atoms. The maximum atomic E-state index is 13.3. The molecule has 148 valence electrons. The number of aliphatic hydroxyl groups is 1. The van der Waals surface area contributed by atoms with E-state index in [0.29, 0.717) is 24.8 Å². The van der Waals surface area contributed by atoms with Crippen LogP contribution in [0.3, 0.4) is 0 Å². The van der Waals surface area contributed by atoms with E-state index in [2.05, 4.69) is 0 Å². The second-order valence-electron chi connectivity index (χ2n) is 8.79. The Hall–Kier alpha value is -1.10. The average Bonchev–Trinajstić information content (AvgIpc) is 2.90. The summed E-state index contributed by atoms with van der Waals surface area (Å²) < 4.78 is 0. The van der Waals surface area contributed by atoms with Gasteiger partial charge in [0, 0.05) is 13.2 Å². The minimum Gasteiger partial charge on any atom is -0.396 e. The molecule has 3 N–H and O–H groups in total. The van der Waals surface area contributed by atoms with Gasteiger partial charge in [0.25, 0.3) is 5.91 Å². The molecule has 1 amide bonds. The van der Waals surface area contributed by atoms with E-state index < -0.39 is 5.54 Å². The number of guanidine groups is 1. The van der Waals surface area contributed by atoms with Crippen molar-refractivity contribution in [2.75, 3.05) is 13.2 Å². The first-order chi connectivity index (χ1) is 12.6. The second kappa shape index (κ2) is 9.20. The van der Waals surface area contributed by atoms with E-state index in [-0.39, 0.29) is 12.5 Å². The zero-order chi connectivity index (χ0) is 18.4. The minimum atomic E-state index is -0.626. The molecule has 3 aliphatic rings. The highest BCUT2D eigenvalue weighted by Gasteiger charge is 2.48. The molecule has 2 saturated carbocycles. The Balaban J connectivity index is 1.71. The number of aliphatic imine (C=N–C) groups is 1. The highest BCUT2D eigenvalue weighted by molar-refractivity contribution is 6.06. The number of amides is 1. The number of hydrogen-bond acceptors (Lipinski definition) is 4. The molecule has 0 aromatic heterocycles. The fourth-order valence-corrected chi connectivity index (χ4v) is 5.31. The maximum Gasteiger partial charge on any atom is 0.257 e. The molecule has 0 radical (unpaired) electrons. The van der Waals surface area contributed by atoms with Crippen LogP contribution >= 0.6 is 0 Å². The third kappa shape index (κ3) is 4.59. The summed E-state index contributed by atoms with van der Waals surface area (Å²) in [5.41, 5.74) is 5.55. The Labute approximate surface area is 158 Å². The van der Waals surface area contributed by atoms with E-state index in [4.69, 9.17) is 15.8 Å². The predicted octanol–water partition coefficient (Wildman–Crippen LogP) is 3.60. The van der Waals surface area contributed by atoms with Crippen LogP contribution in [-0.2, 0) is 4.79 Å². The van der Waals surface area contributed by atoms with Gasteiger partial charge in [0.1, 0.15) is 5.54 Å². The lowest BCUT2D eigenvalue weighted by Gasteiger charge is -2.33. The molecule has 2 fully saturated rings. The number of nitrogens with two attached hydrogens (primary N) is 1. The van der Waals surface area contributed by atoms with E-state index in [1.807, 2.05) is 0 Å². The summed E-state index contributed by atoms with van der Waals surface area (Å²) in [5.74, 6) is 1.84. The van der Waals surface area contributed by atoms with Gasteiger partial charge in [-0.05, 0) is 37.5 Å². The molecule has 0 aromatic rings. The lowest BCUT2D eigenvalue weighted by molar-refractivity contribution is -0.132. The summed E-state index contributed by atoms with van der Waals surface area (Å²) in [6, 6.07) is 0. The minimum absolute atomic E-state index is 0.0781. The first kappa shape index (κ1) is 19.7. The highest BCUT2D eigenvalue weighted by atomic mass is 16.3. The first-order valence-electron chi connectivity index (χ1n) is 10.9. The van der Waals surface area contributed by atoms with Gasteiger partial charge in [-0.3, -0.25) is 9.69 Å². The van der Waals surface area contributed by atoms with Crippen molar-refractivity contribution in [2.45, 2.75) is 95.4 Å². The van der Waals surface area contributed by atoms with E-state index in [0.717, 1.165) is 25.2 Å². The molecule has 0 unspecified atom stereocenters. The highest BCUT2D eigenvalue weighted by Crippen LogP contribution is 2.40. The van der Waals surface area contributed by atoms with Crippen molar-refractivity contribution in [1.29, 1.82) is 0 Å². The molecule has 26 heavy (non-hydrogen) atoms. The van der Waals surface area contributed by atoms with E-state index in [1.165, 1.54) is 64.2 Å². The van der Waals surface area contributed by atoms with Crippen LogP contribution in [0, 0.1) is 11.8 Å². The Bertz CT molecular complexity index is 495. The van der Waals surface area contributed by atoms with Gasteiger partial charge in [0.2, 0.25) is 0 Å². The Morgan fingerprint density at radius 3 is 2.27 bits per heavy atom. The molecule has 5 nitrogen and oxygen atoms in total. The van der Waals surface area contributed by atoms with Crippen LogP contribution in [0.5, 0.6) is 0 Å². The smallest absolute Gasteiger partial charge is 0.257 e. The molecule has 0 saturated heterocycles. The molecule has 1 atom stereocenters. The zero-order valence-corrected chi connectivity index (χ0v) is 16.3. The SMILES string of the molecule is NC1=N[C@](CCC2CCCCC2)(CC2CCCCC2)C(=O)N1CCCO. The number of carbonyl (C=O) groups is 1. The van der Waals surface area contributed by atoms with Gasteiger partial charge in [-0.25, -0.2) is 4.99 Å². The number of aliphatic hydroxyl groups excluding tert-OH is 1. The van der Waals surface area contributed by atoms with Gasteiger partial charge >= 0.3 is 0 Å². The predicted molar refractivity (Wildman–Crippen MR) is 105 cm³/mol. The van der Waals surface area contributed by atoms with Crippen molar-refractivity contribution >= 4 is 11.9 Å². The lowest BCUT2D eigenvalue weighted by Crippen LogP contribution is -2.46. The van der Waals surface area contributed by atoms with Crippen LogP contribution in [-0.4, -0.2) is 40.6 Å². The molecular formula is C21H37N3O2.